The maximum absolute atomic E-state index is 12.0. The molecule has 0 spiro atoms. The van der Waals surface area contributed by atoms with E-state index >= 15 is 0 Å². The molecule has 2 aromatic heterocycles. The first-order chi connectivity index (χ1) is 13.5. The van der Waals surface area contributed by atoms with E-state index in [2.05, 4.69) is 52.6 Å². The number of nitrogens with zero attached hydrogens (tertiary/aromatic N) is 2. The number of carbonyl (C=O) groups excluding carboxylic acids is 1. The van der Waals surface area contributed by atoms with Crippen molar-refractivity contribution >= 4 is 33.4 Å². The van der Waals surface area contributed by atoms with Crippen molar-refractivity contribution in [3.8, 4) is 11.3 Å². The van der Waals surface area contributed by atoms with Gasteiger partial charge in [0, 0.05) is 24.5 Å². The Balaban J connectivity index is 1.95. The van der Waals surface area contributed by atoms with Gasteiger partial charge < -0.3 is 16.4 Å². The number of nitrogen functional groups attached to an aromatic ring is 1. The molecule has 3 rings (SSSR count). The van der Waals surface area contributed by atoms with E-state index in [0.29, 0.717) is 4.88 Å². The first kappa shape index (κ1) is 20.2. The van der Waals surface area contributed by atoms with Crippen LogP contribution in [0.3, 0.4) is 0 Å². The molecule has 0 unspecified atom stereocenters. The van der Waals surface area contributed by atoms with Crippen molar-refractivity contribution in [1.29, 1.82) is 0 Å². The molecule has 0 aliphatic rings. The van der Waals surface area contributed by atoms with Crippen molar-refractivity contribution < 1.29 is 4.79 Å². The normalized spacial score (nSPS) is 11.1. The van der Waals surface area contributed by atoms with Gasteiger partial charge in [-0.1, -0.05) is 31.9 Å². The zero-order valence-electron chi connectivity index (χ0n) is 16.6. The molecule has 0 aliphatic heterocycles. The Morgan fingerprint density at radius 1 is 1.21 bits per heavy atom. The fourth-order valence-corrected chi connectivity index (χ4v) is 4.13. The molecule has 0 fully saturated rings. The SMILES string of the molecule is CCCCCNCc1ccc(C)c(-c2nc(N)nc3sc(C(=O)NC)cc23)c1. The van der Waals surface area contributed by atoms with Gasteiger partial charge in [0.2, 0.25) is 5.95 Å². The number of unbranched alkanes of at least 4 members (excludes halogenated alkanes) is 2. The van der Waals surface area contributed by atoms with Crippen LogP contribution in [0.1, 0.15) is 47.0 Å². The number of aromatic nitrogens is 2. The van der Waals surface area contributed by atoms with Crippen LogP contribution in [0.2, 0.25) is 0 Å². The topological polar surface area (TPSA) is 92.9 Å². The van der Waals surface area contributed by atoms with E-state index < -0.39 is 0 Å². The summed E-state index contributed by atoms with van der Waals surface area (Å²) in [4.78, 5) is 22.2. The lowest BCUT2D eigenvalue weighted by molar-refractivity contribution is 0.0967. The van der Waals surface area contributed by atoms with Gasteiger partial charge in [0.25, 0.3) is 5.91 Å². The molecule has 1 aromatic carbocycles. The number of thiophene rings is 1. The molecule has 0 saturated carbocycles. The summed E-state index contributed by atoms with van der Waals surface area (Å²) in [6.07, 6.45) is 3.66. The van der Waals surface area contributed by atoms with E-state index in [1.54, 1.807) is 7.05 Å². The zero-order chi connectivity index (χ0) is 20.1. The average Bonchev–Trinajstić information content (AvgIpc) is 3.11. The molecule has 28 heavy (non-hydrogen) atoms. The predicted molar refractivity (Wildman–Crippen MR) is 117 cm³/mol. The summed E-state index contributed by atoms with van der Waals surface area (Å²) in [6.45, 7) is 6.10. The lowest BCUT2D eigenvalue weighted by atomic mass is 10.00. The fraction of sp³-hybridized carbons (Fsp3) is 0.381. The maximum Gasteiger partial charge on any atom is 0.261 e. The molecule has 3 aromatic rings. The van der Waals surface area contributed by atoms with Gasteiger partial charge in [0.15, 0.2) is 0 Å². The van der Waals surface area contributed by atoms with Crippen LogP contribution in [0, 0.1) is 6.92 Å². The van der Waals surface area contributed by atoms with Crippen molar-refractivity contribution in [2.24, 2.45) is 0 Å². The maximum atomic E-state index is 12.0. The Kier molecular flexibility index (Phi) is 6.59. The number of benzene rings is 1. The number of hydrogen-bond acceptors (Lipinski definition) is 6. The highest BCUT2D eigenvalue weighted by Gasteiger charge is 2.17. The number of fused-ring (bicyclic) bond motifs is 1. The quantitative estimate of drug-likeness (QED) is 0.502. The third-order valence-electron chi connectivity index (χ3n) is 4.70. The van der Waals surface area contributed by atoms with E-state index in [4.69, 9.17) is 5.73 Å². The standard InChI is InChI=1S/C21H27N5OS/c1-4-5-6-9-24-12-14-8-7-13(2)15(10-14)18-16-11-17(19(27)23-3)28-20(16)26-21(22)25-18/h7-8,10-11,24H,4-6,9,12H2,1-3H3,(H,23,27)(H2,22,25,26). The minimum atomic E-state index is -0.130. The highest BCUT2D eigenvalue weighted by Crippen LogP contribution is 2.34. The molecule has 0 aliphatic carbocycles. The van der Waals surface area contributed by atoms with Gasteiger partial charge in [0.05, 0.1) is 10.6 Å². The van der Waals surface area contributed by atoms with Crippen molar-refractivity contribution in [3.63, 3.8) is 0 Å². The minimum absolute atomic E-state index is 0.130. The first-order valence-electron chi connectivity index (χ1n) is 9.63. The summed E-state index contributed by atoms with van der Waals surface area (Å²) < 4.78 is 0. The van der Waals surface area contributed by atoms with Crippen LogP contribution in [0.25, 0.3) is 21.5 Å². The van der Waals surface area contributed by atoms with Crippen molar-refractivity contribution in [3.05, 3.63) is 40.3 Å². The Bertz CT molecular complexity index is 982. The second-order valence-corrected chi connectivity index (χ2v) is 7.90. The molecule has 0 atom stereocenters. The zero-order valence-corrected chi connectivity index (χ0v) is 17.4. The fourth-order valence-electron chi connectivity index (χ4n) is 3.15. The van der Waals surface area contributed by atoms with Gasteiger partial charge in [-0.2, -0.15) is 0 Å². The smallest absolute Gasteiger partial charge is 0.261 e. The number of hydrogen-bond donors (Lipinski definition) is 3. The Hall–Kier alpha value is -2.51. The van der Waals surface area contributed by atoms with Crippen molar-refractivity contribution in [2.75, 3.05) is 19.3 Å². The highest BCUT2D eigenvalue weighted by molar-refractivity contribution is 7.20. The number of aryl methyl sites for hydroxylation is 1. The molecule has 7 heteroatoms. The van der Waals surface area contributed by atoms with Crippen LogP contribution < -0.4 is 16.4 Å². The van der Waals surface area contributed by atoms with Crippen LogP contribution in [0.5, 0.6) is 0 Å². The number of amides is 1. The lowest BCUT2D eigenvalue weighted by Crippen LogP contribution is -2.15. The monoisotopic (exact) mass is 397 g/mol. The molecule has 0 radical (unpaired) electrons. The number of anilines is 1. The molecule has 0 bridgehead atoms. The summed E-state index contributed by atoms with van der Waals surface area (Å²) in [5.41, 5.74) is 10.1. The van der Waals surface area contributed by atoms with E-state index in [-0.39, 0.29) is 11.9 Å². The molecular formula is C21H27N5OS. The number of nitrogens with two attached hydrogens (primary N) is 1. The third-order valence-corrected chi connectivity index (χ3v) is 5.73. The van der Waals surface area contributed by atoms with Crippen LogP contribution in [0.15, 0.2) is 24.3 Å². The van der Waals surface area contributed by atoms with E-state index in [9.17, 15) is 4.79 Å². The Morgan fingerprint density at radius 2 is 2.04 bits per heavy atom. The van der Waals surface area contributed by atoms with Crippen LogP contribution in [0.4, 0.5) is 5.95 Å². The van der Waals surface area contributed by atoms with Gasteiger partial charge in [-0.15, -0.1) is 11.3 Å². The molecule has 4 N–H and O–H groups in total. The van der Waals surface area contributed by atoms with Gasteiger partial charge in [-0.3, -0.25) is 4.79 Å². The van der Waals surface area contributed by atoms with Gasteiger partial charge in [-0.05, 0) is 43.1 Å². The van der Waals surface area contributed by atoms with Crippen molar-refractivity contribution in [2.45, 2.75) is 39.7 Å². The van der Waals surface area contributed by atoms with E-state index in [1.807, 2.05) is 6.07 Å². The molecule has 6 nitrogen and oxygen atoms in total. The van der Waals surface area contributed by atoms with Crippen LogP contribution >= 0.6 is 11.3 Å². The van der Waals surface area contributed by atoms with Gasteiger partial charge >= 0.3 is 0 Å². The largest absolute Gasteiger partial charge is 0.368 e. The summed E-state index contributed by atoms with van der Waals surface area (Å²) in [7, 11) is 1.62. The molecular weight excluding hydrogens is 370 g/mol. The van der Waals surface area contributed by atoms with E-state index in [1.165, 1.54) is 36.2 Å². The average molecular weight is 398 g/mol. The third kappa shape index (κ3) is 4.48. The first-order valence-corrected chi connectivity index (χ1v) is 10.4. The van der Waals surface area contributed by atoms with Crippen molar-refractivity contribution in [1.82, 2.24) is 20.6 Å². The van der Waals surface area contributed by atoms with Gasteiger partial charge in [0.1, 0.15) is 4.83 Å². The molecule has 2 heterocycles. The van der Waals surface area contributed by atoms with Crippen LogP contribution in [-0.4, -0.2) is 29.5 Å². The lowest BCUT2D eigenvalue weighted by Gasteiger charge is -2.11. The molecule has 148 valence electrons. The Labute approximate surface area is 169 Å². The summed E-state index contributed by atoms with van der Waals surface area (Å²) in [5, 5.41) is 7.02. The molecule has 1 amide bonds. The second-order valence-electron chi connectivity index (χ2n) is 6.87. The summed E-state index contributed by atoms with van der Waals surface area (Å²) in [6, 6.07) is 8.24. The number of carbonyl (C=O) groups is 1. The molecule has 0 saturated heterocycles. The summed E-state index contributed by atoms with van der Waals surface area (Å²) >= 11 is 1.33. The van der Waals surface area contributed by atoms with Gasteiger partial charge in [-0.25, -0.2) is 9.97 Å². The summed E-state index contributed by atoms with van der Waals surface area (Å²) in [5.74, 6) is 0.0876. The van der Waals surface area contributed by atoms with Crippen LogP contribution in [-0.2, 0) is 6.54 Å². The van der Waals surface area contributed by atoms with E-state index in [0.717, 1.165) is 40.1 Å². The number of nitrogens with one attached hydrogen (secondary N) is 2. The Morgan fingerprint density at radius 3 is 2.79 bits per heavy atom. The number of rotatable bonds is 8. The predicted octanol–water partition coefficient (Wildman–Crippen LogP) is 3.89. The highest BCUT2D eigenvalue weighted by atomic mass is 32.1. The second kappa shape index (κ2) is 9.12. The minimum Gasteiger partial charge on any atom is -0.368 e.